The number of hydrogen-bond donors (Lipinski definition) is 1. The van der Waals surface area contributed by atoms with Gasteiger partial charge in [-0.1, -0.05) is 44.2 Å². The summed E-state index contributed by atoms with van der Waals surface area (Å²) in [5, 5.41) is 10.4. The summed E-state index contributed by atoms with van der Waals surface area (Å²) in [5.41, 5.74) is 2.29. The van der Waals surface area contributed by atoms with Crippen molar-refractivity contribution in [1.29, 1.82) is 0 Å². The second-order valence-electron chi connectivity index (χ2n) is 8.31. The molecule has 0 spiro atoms. The average Bonchev–Trinajstić information content (AvgIpc) is 2.68. The van der Waals surface area contributed by atoms with Crippen LogP contribution in [0.3, 0.4) is 0 Å². The van der Waals surface area contributed by atoms with E-state index in [0.29, 0.717) is 29.9 Å². The van der Waals surface area contributed by atoms with Gasteiger partial charge >= 0.3 is 0 Å². The van der Waals surface area contributed by atoms with Crippen molar-refractivity contribution >= 4 is 0 Å². The van der Waals surface area contributed by atoms with Crippen molar-refractivity contribution in [3.8, 4) is 17.1 Å². The van der Waals surface area contributed by atoms with Gasteiger partial charge in [-0.25, -0.2) is 9.37 Å². The van der Waals surface area contributed by atoms with Crippen LogP contribution in [0.1, 0.15) is 43.5 Å². The number of nitrogens with zero attached hydrogens (tertiary/aromatic N) is 2. The Kier molecular flexibility index (Phi) is 4.99. The van der Waals surface area contributed by atoms with E-state index < -0.39 is 0 Å². The third kappa shape index (κ3) is 3.57. The van der Waals surface area contributed by atoms with Gasteiger partial charge in [0.1, 0.15) is 17.4 Å². The summed E-state index contributed by atoms with van der Waals surface area (Å²) in [6.45, 7) is 4.45. The van der Waals surface area contributed by atoms with Gasteiger partial charge in [0.05, 0.1) is 11.3 Å². The minimum absolute atomic E-state index is 0.0778. The Morgan fingerprint density at radius 1 is 1.14 bits per heavy atom. The molecule has 0 bridgehead atoms. The number of halogens is 1. The molecule has 0 amide bonds. The monoisotopic (exact) mass is 392 g/mol. The Labute approximate surface area is 169 Å². The highest BCUT2D eigenvalue weighted by Gasteiger charge is 2.33. The SMILES string of the molecule is CC1(C)CCCc2nc(-c3ccccc3O)n(CCc3ccccc3F)c(=O)c21. The molecule has 0 atom stereocenters. The van der Waals surface area contributed by atoms with Crippen LogP contribution < -0.4 is 5.56 Å². The van der Waals surface area contributed by atoms with E-state index >= 15 is 0 Å². The minimum Gasteiger partial charge on any atom is -0.507 e. The molecule has 0 radical (unpaired) electrons. The van der Waals surface area contributed by atoms with Gasteiger partial charge in [-0.05, 0) is 54.9 Å². The number of aryl methyl sites for hydroxylation is 2. The maximum atomic E-state index is 14.1. The third-order valence-corrected chi connectivity index (χ3v) is 5.84. The van der Waals surface area contributed by atoms with E-state index in [0.717, 1.165) is 30.5 Å². The topological polar surface area (TPSA) is 55.1 Å². The highest BCUT2D eigenvalue weighted by molar-refractivity contribution is 5.64. The Balaban J connectivity index is 1.88. The fraction of sp³-hybridized carbons (Fsp3) is 0.333. The first-order chi connectivity index (χ1) is 13.9. The number of phenolic OH excluding ortho intramolecular Hbond substituents is 1. The molecule has 1 aliphatic carbocycles. The van der Waals surface area contributed by atoms with Crippen molar-refractivity contribution in [1.82, 2.24) is 9.55 Å². The van der Waals surface area contributed by atoms with Crippen LogP contribution in [0, 0.1) is 5.82 Å². The number of benzene rings is 2. The average molecular weight is 392 g/mol. The standard InChI is InChI=1S/C24H25FN2O2/c1-24(2)14-7-11-19-21(24)23(29)27(15-13-16-8-3-5-10-18(16)25)22(26-19)17-9-4-6-12-20(17)28/h3-6,8-10,12,28H,7,11,13-15H2,1-2H3. The summed E-state index contributed by atoms with van der Waals surface area (Å²) in [6.07, 6.45) is 3.03. The molecule has 1 aliphatic rings. The summed E-state index contributed by atoms with van der Waals surface area (Å²) < 4.78 is 15.7. The summed E-state index contributed by atoms with van der Waals surface area (Å²) in [7, 11) is 0. The quantitative estimate of drug-likeness (QED) is 0.705. The predicted octanol–water partition coefficient (Wildman–Crippen LogP) is 4.61. The Bertz CT molecular complexity index is 1120. The lowest BCUT2D eigenvalue weighted by Crippen LogP contribution is -2.38. The van der Waals surface area contributed by atoms with Gasteiger partial charge in [0.25, 0.3) is 5.56 Å². The van der Waals surface area contributed by atoms with Crippen LogP contribution in [0.25, 0.3) is 11.4 Å². The van der Waals surface area contributed by atoms with Crippen LogP contribution in [0.5, 0.6) is 5.75 Å². The van der Waals surface area contributed by atoms with Gasteiger partial charge in [-0.3, -0.25) is 9.36 Å². The molecule has 0 unspecified atom stereocenters. The summed E-state index contributed by atoms with van der Waals surface area (Å²) in [5.74, 6) is 0.242. The fourth-order valence-corrected chi connectivity index (χ4v) is 4.29. The third-order valence-electron chi connectivity index (χ3n) is 5.84. The van der Waals surface area contributed by atoms with E-state index in [1.54, 1.807) is 41.0 Å². The summed E-state index contributed by atoms with van der Waals surface area (Å²) in [6, 6.07) is 13.5. The van der Waals surface area contributed by atoms with E-state index in [9.17, 15) is 14.3 Å². The van der Waals surface area contributed by atoms with Crippen molar-refractivity contribution in [3.05, 3.63) is 81.5 Å². The molecule has 29 heavy (non-hydrogen) atoms. The smallest absolute Gasteiger partial charge is 0.257 e. The van der Waals surface area contributed by atoms with E-state index in [-0.39, 0.29) is 22.5 Å². The van der Waals surface area contributed by atoms with Crippen molar-refractivity contribution in [2.75, 3.05) is 0 Å². The minimum atomic E-state index is -0.282. The van der Waals surface area contributed by atoms with Crippen LogP contribution in [0.15, 0.2) is 53.3 Å². The molecule has 4 nitrogen and oxygen atoms in total. The molecule has 0 saturated heterocycles. The molecule has 1 N–H and O–H groups in total. The fourth-order valence-electron chi connectivity index (χ4n) is 4.29. The zero-order valence-corrected chi connectivity index (χ0v) is 16.8. The van der Waals surface area contributed by atoms with Gasteiger partial charge in [0, 0.05) is 12.1 Å². The van der Waals surface area contributed by atoms with Crippen molar-refractivity contribution in [3.63, 3.8) is 0 Å². The van der Waals surface area contributed by atoms with Gasteiger partial charge in [0.15, 0.2) is 0 Å². The molecule has 0 aliphatic heterocycles. The first-order valence-corrected chi connectivity index (χ1v) is 10.0. The number of para-hydroxylation sites is 1. The van der Waals surface area contributed by atoms with Gasteiger partial charge in [0.2, 0.25) is 0 Å². The lowest BCUT2D eigenvalue weighted by atomic mass is 9.75. The molecule has 5 heteroatoms. The molecular formula is C24H25FN2O2. The number of rotatable bonds is 4. The molecule has 150 valence electrons. The second-order valence-corrected chi connectivity index (χ2v) is 8.31. The number of hydrogen-bond acceptors (Lipinski definition) is 3. The molecule has 0 fully saturated rings. The van der Waals surface area contributed by atoms with Crippen LogP contribution in [-0.4, -0.2) is 14.7 Å². The summed E-state index contributed by atoms with van der Waals surface area (Å²) in [4.78, 5) is 18.4. The summed E-state index contributed by atoms with van der Waals surface area (Å²) >= 11 is 0. The van der Waals surface area contributed by atoms with Crippen LogP contribution in [0.2, 0.25) is 0 Å². The Morgan fingerprint density at radius 3 is 2.62 bits per heavy atom. The van der Waals surface area contributed by atoms with Crippen LogP contribution in [0.4, 0.5) is 4.39 Å². The van der Waals surface area contributed by atoms with Crippen LogP contribution >= 0.6 is 0 Å². The zero-order valence-electron chi connectivity index (χ0n) is 16.8. The van der Waals surface area contributed by atoms with Crippen molar-refractivity contribution in [2.24, 2.45) is 0 Å². The molecule has 0 saturated carbocycles. The van der Waals surface area contributed by atoms with Crippen molar-refractivity contribution in [2.45, 2.75) is 51.5 Å². The Morgan fingerprint density at radius 2 is 1.86 bits per heavy atom. The molecule has 1 aromatic heterocycles. The van der Waals surface area contributed by atoms with Gasteiger partial charge in [-0.2, -0.15) is 0 Å². The lowest BCUT2D eigenvalue weighted by Gasteiger charge is -2.32. The number of aromatic nitrogens is 2. The zero-order chi connectivity index (χ0) is 20.6. The number of aromatic hydroxyl groups is 1. The maximum Gasteiger partial charge on any atom is 0.257 e. The van der Waals surface area contributed by atoms with Crippen LogP contribution in [-0.2, 0) is 24.8 Å². The van der Waals surface area contributed by atoms with Crippen molar-refractivity contribution < 1.29 is 9.50 Å². The Hall–Kier alpha value is -2.95. The predicted molar refractivity (Wildman–Crippen MR) is 112 cm³/mol. The maximum absolute atomic E-state index is 14.1. The first-order valence-electron chi connectivity index (χ1n) is 10.0. The van der Waals surface area contributed by atoms with E-state index in [1.807, 2.05) is 6.07 Å². The largest absolute Gasteiger partial charge is 0.507 e. The van der Waals surface area contributed by atoms with E-state index in [2.05, 4.69) is 13.8 Å². The molecule has 1 heterocycles. The molecule has 3 aromatic rings. The van der Waals surface area contributed by atoms with E-state index in [1.165, 1.54) is 6.07 Å². The molecular weight excluding hydrogens is 367 g/mol. The van der Waals surface area contributed by atoms with E-state index in [4.69, 9.17) is 4.98 Å². The highest BCUT2D eigenvalue weighted by Crippen LogP contribution is 2.36. The van der Waals surface area contributed by atoms with Gasteiger partial charge in [-0.15, -0.1) is 0 Å². The lowest BCUT2D eigenvalue weighted by molar-refractivity contribution is 0.413. The normalized spacial score (nSPS) is 15.1. The number of fused-ring (bicyclic) bond motifs is 1. The molecule has 4 rings (SSSR count). The molecule has 2 aromatic carbocycles. The second kappa shape index (κ2) is 7.47. The first kappa shape index (κ1) is 19.4. The number of phenols is 1. The van der Waals surface area contributed by atoms with Gasteiger partial charge < -0.3 is 5.11 Å². The highest BCUT2D eigenvalue weighted by atomic mass is 19.1.